The Morgan fingerprint density at radius 2 is 2.04 bits per heavy atom. The summed E-state index contributed by atoms with van der Waals surface area (Å²) in [6.07, 6.45) is 2.56. The zero-order valence-electron chi connectivity index (χ0n) is 14.0. The summed E-state index contributed by atoms with van der Waals surface area (Å²) in [7, 11) is 1.95. The average molecular weight is 321 g/mol. The van der Waals surface area contributed by atoms with Crippen LogP contribution in [0.15, 0.2) is 30.3 Å². The van der Waals surface area contributed by atoms with Crippen LogP contribution >= 0.6 is 0 Å². The van der Waals surface area contributed by atoms with Gasteiger partial charge in [-0.05, 0) is 31.9 Å². The summed E-state index contributed by atoms with van der Waals surface area (Å²) in [5, 5.41) is 0. The van der Waals surface area contributed by atoms with Crippen molar-refractivity contribution in [3.8, 4) is 0 Å². The van der Waals surface area contributed by atoms with Crippen LogP contribution in [0, 0.1) is 0 Å². The van der Waals surface area contributed by atoms with E-state index < -0.39 is 0 Å². The Morgan fingerprint density at radius 1 is 1.26 bits per heavy atom. The standard InChI is InChI=1S/C17H27N3O3/c1-3-11-22-19-17(21)16-10-9-15(12-20(16)2)18-23-13-14-7-5-4-6-8-14/h4-8,15-16,18H,3,9-13H2,1-2H3,(H,19,21)/t15-,16+/m1/s1. The fourth-order valence-corrected chi connectivity index (χ4v) is 2.68. The Labute approximate surface area is 138 Å². The van der Waals surface area contributed by atoms with Gasteiger partial charge in [0, 0.05) is 12.6 Å². The highest BCUT2D eigenvalue weighted by Gasteiger charge is 2.30. The third-order valence-electron chi connectivity index (χ3n) is 3.94. The van der Waals surface area contributed by atoms with E-state index in [0.717, 1.165) is 31.4 Å². The first kappa shape index (κ1) is 17.9. The van der Waals surface area contributed by atoms with E-state index in [4.69, 9.17) is 9.68 Å². The van der Waals surface area contributed by atoms with Crippen molar-refractivity contribution in [1.82, 2.24) is 15.9 Å². The number of hydroxylamine groups is 2. The number of carbonyl (C=O) groups excluding carboxylic acids is 1. The molecule has 6 heteroatoms. The number of amides is 1. The van der Waals surface area contributed by atoms with Crippen molar-refractivity contribution in [1.29, 1.82) is 0 Å². The molecule has 2 atom stereocenters. The number of hydrogen-bond donors (Lipinski definition) is 2. The predicted octanol–water partition coefficient (Wildman–Crippen LogP) is 1.63. The molecule has 0 unspecified atom stereocenters. The number of carbonyl (C=O) groups is 1. The molecule has 1 aromatic carbocycles. The molecule has 0 bridgehead atoms. The molecular weight excluding hydrogens is 294 g/mol. The Kier molecular flexibility index (Phi) is 7.48. The molecule has 0 aliphatic carbocycles. The van der Waals surface area contributed by atoms with Gasteiger partial charge in [0.1, 0.15) is 0 Å². The summed E-state index contributed by atoms with van der Waals surface area (Å²) in [6.45, 7) is 3.85. The van der Waals surface area contributed by atoms with Crippen molar-refractivity contribution in [2.45, 2.75) is 44.9 Å². The van der Waals surface area contributed by atoms with Crippen LogP contribution in [0.25, 0.3) is 0 Å². The molecule has 6 nitrogen and oxygen atoms in total. The molecule has 0 saturated carbocycles. The van der Waals surface area contributed by atoms with Crippen molar-refractivity contribution in [3.63, 3.8) is 0 Å². The summed E-state index contributed by atoms with van der Waals surface area (Å²) < 4.78 is 0. The molecule has 1 aliphatic rings. The van der Waals surface area contributed by atoms with Crippen LogP contribution < -0.4 is 11.0 Å². The molecule has 128 valence electrons. The molecule has 0 radical (unpaired) electrons. The molecule has 0 aromatic heterocycles. The van der Waals surface area contributed by atoms with E-state index in [1.54, 1.807) is 0 Å². The summed E-state index contributed by atoms with van der Waals surface area (Å²) >= 11 is 0. The lowest BCUT2D eigenvalue weighted by Gasteiger charge is -2.36. The first-order valence-electron chi connectivity index (χ1n) is 8.23. The quantitative estimate of drug-likeness (QED) is 0.563. The maximum absolute atomic E-state index is 12.1. The topological polar surface area (TPSA) is 62.8 Å². The maximum atomic E-state index is 12.1. The number of likely N-dealkylation sites (N-methyl/N-ethyl adjacent to an activating group) is 1. The van der Waals surface area contributed by atoms with E-state index in [1.807, 2.05) is 49.2 Å². The zero-order chi connectivity index (χ0) is 16.5. The van der Waals surface area contributed by atoms with Crippen molar-refractivity contribution in [2.75, 3.05) is 20.2 Å². The molecule has 1 fully saturated rings. The third-order valence-corrected chi connectivity index (χ3v) is 3.94. The molecule has 0 spiro atoms. The lowest BCUT2D eigenvalue weighted by atomic mass is 9.99. The zero-order valence-corrected chi connectivity index (χ0v) is 14.0. The first-order valence-corrected chi connectivity index (χ1v) is 8.23. The smallest absolute Gasteiger partial charge is 0.260 e. The number of hydrogen-bond acceptors (Lipinski definition) is 5. The summed E-state index contributed by atoms with van der Waals surface area (Å²) in [5.74, 6) is -0.0652. The Bertz CT molecular complexity index is 469. The van der Waals surface area contributed by atoms with E-state index in [2.05, 4.69) is 11.0 Å². The second-order valence-electron chi connectivity index (χ2n) is 5.94. The van der Waals surface area contributed by atoms with Gasteiger partial charge in [-0.3, -0.25) is 19.4 Å². The molecular formula is C17H27N3O3. The van der Waals surface area contributed by atoms with Crippen molar-refractivity contribution >= 4 is 5.91 Å². The van der Waals surface area contributed by atoms with Crippen LogP contribution in [0.4, 0.5) is 0 Å². The normalized spacial score (nSPS) is 22.0. The van der Waals surface area contributed by atoms with Gasteiger partial charge in [-0.2, -0.15) is 5.48 Å². The fourth-order valence-electron chi connectivity index (χ4n) is 2.68. The molecule has 1 aromatic rings. The molecule has 1 heterocycles. The van der Waals surface area contributed by atoms with E-state index in [1.165, 1.54) is 0 Å². The first-order chi connectivity index (χ1) is 11.2. The van der Waals surface area contributed by atoms with E-state index in [9.17, 15) is 4.79 Å². The molecule has 2 rings (SSSR count). The number of nitrogens with zero attached hydrogens (tertiary/aromatic N) is 1. The molecule has 23 heavy (non-hydrogen) atoms. The summed E-state index contributed by atoms with van der Waals surface area (Å²) in [5.41, 5.74) is 6.77. The number of rotatable bonds is 8. The van der Waals surface area contributed by atoms with Crippen molar-refractivity contribution in [2.24, 2.45) is 0 Å². The van der Waals surface area contributed by atoms with Crippen LogP contribution in [0.1, 0.15) is 31.7 Å². The molecule has 1 saturated heterocycles. The maximum Gasteiger partial charge on any atom is 0.260 e. The van der Waals surface area contributed by atoms with Crippen LogP contribution in [0.3, 0.4) is 0 Å². The minimum Gasteiger partial charge on any atom is -0.297 e. The second kappa shape index (κ2) is 9.62. The highest BCUT2D eigenvalue weighted by Crippen LogP contribution is 2.16. The minimum atomic E-state index is -0.140. The van der Waals surface area contributed by atoms with Gasteiger partial charge in [0.2, 0.25) is 0 Å². The van der Waals surface area contributed by atoms with Gasteiger partial charge >= 0.3 is 0 Å². The van der Waals surface area contributed by atoms with Crippen LogP contribution in [-0.4, -0.2) is 43.1 Å². The van der Waals surface area contributed by atoms with Gasteiger partial charge in [-0.25, -0.2) is 5.48 Å². The number of piperidine rings is 1. The van der Waals surface area contributed by atoms with Gasteiger partial charge < -0.3 is 0 Å². The average Bonchev–Trinajstić information content (AvgIpc) is 2.56. The van der Waals surface area contributed by atoms with Crippen molar-refractivity contribution in [3.05, 3.63) is 35.9 Å². The van der Waals surface area contributed by atoms with Gasteiger partial charge in [0.25, 0.3) is 5.91 Å². The van der Waals surface area contributed by atoms with Gasteiger partial charge in [0.15, 0.2) is 0 Å². The largest absolute Gasteiger partial charge is 0.297 e. The monoisotopic (exact) mass is 321 g/mol. The minimum absolute atomic E-state index is 0.0652. The van der Waals surface area contributed by atoms with Crippen LogP contribution in [0.2, 0.25) is 0 Å². The molecule has 1 aliphatic heterocycles. The Morgan fingerprint density at radius 3 is 2.74 bits per heavy atom. The highest BCUT2D eigenvalue weighted by atomic mass is 16.7. The SMILES string of the molecule is CCCONC(=O)[C@@H]1CC[C@@H](NOCc2ccccc2)CN1C. The lowest BCUT2D eigenvalue weighted by molar-refractivity contribution is -0.140. The summed E-state index contributed by atoms with van der Waals surface area (Å²) in [6, 6.07) is 10.1. The van der Waals surface area contributed by atoms with Gasteiger partial charge in [-0.15, -0.1) is 0 Å². The summed E-state index contributed by atoms with van der Waals surface area (Å²) in [4.78, 5) is 24.8. The van der Waals surface area contributed by atoms with Gasteiger partial charge in [0.05, 0.1) is 19.3 Å². The van der Waals surface area contributed by atoms with Gasteiger partial charge in [-0.1, -0.05) is 37.3 Å². The fraction of sp³-hybridized carbons (Fsp3) is 0.588. The van der Waals surface area contributed by atoms with Crippen LogP contribution in [0.5, 0.6) is 0 Å². The second-order valence-corrected chi connectivity index (χ2v) is 5.94. The molecule has 1 amide bonds. The Balaban J connectivity index is 1.68. The van der Waals surface area contributed by atoms with E-state index in [-0.39, 0.29) is 18.0 Å². The van der Waals surface area contributed by atoms with E-state index >= 15 is 0 Å². The van der Waals surface area contributed by atoms with Crippen LogP contribution in [-0.2, 0) is 21.1 Å². The predicted molar refractivity (Wildman–Crippen MR) is 88.2 cm³/mol. The van der Waals surface area contributed by atoms with Crippen molar-refractivity contribution < 1.29 is 14.5 Å². The number of benzene rings is 1. The lowest BCUT2D eigenvalue weighted by Crippen LogP contribution is -2.54. The molecule has 2 N–H and O–H groups in total. The number of likely N-dealkylation sites (tertiary alicyclic amines) is 1. The highest BCUT2D eigenvalue weighted by molar-refractivity contribution is 5.80. The number of nitrogens with one attached hydrogen (secondary N) is 2. The Hall–Kier alpha value is -1.47. The van der Waals surface area contributed by atoms with E-state index in [0.29, 0.717) is 13.2 Å². The third kappa shape index (κ3) is 5.91.